The highest BCUT2D eigenvalue weighted by atomic mass is 19.1. The van der Waals surface area contributed by atoms with E-state index in [1.165, 1.54) is 24.3 Å². The van der Waals surface area contributed by atoms with Gasteiger partial charge < -0.3 is 5.11 Å². The predicted molar refractivity (Wildman–Crippen MR) is 78.5 cm³/mol. The van der Waals surface area contributed by atoms with Gasteiger partial charge in [-0.2, -0.15) is 5.10 Å². The van der Waals surface area contributed by atoms with Crippen LogP contribution < -0.4 is 5.56 Å². The summed E-state index contributed by atoms with van der Waals surface area (Å²) < 4.78 is 26.7. The van der Waals surface area contributed by atoms with E-state index in [-0.39, 0.29) is 11.8 Å². The number of aromatic amines is 1. The Morgan fingerprint density at radius 1 is 1.13 bits per heavy atom. The lowest BCUT2D eigenvalue weighted by Crippen LogP contribution is -2.12. The largest absolute Gasteiger partial charge is 0.478 e. The van der Waals surface area contributed by atoms with Crippen molar-refractivity contribution < 1.29 is 18.7 Å². The SMILES string of the molecule is O=C(O)c1cc(Cc2n[nH]c(=O)c3cc(F)ccc23)ccc1F. The first-order valence-electron chi connectivity index (χ1n) is 6.64. The molecule has 1 heterocycles. The van der Waals surface area contributed by atoms with E-state index in [0.717, 1.165) is 12.1 Å². The van der Waals surface area contributed by atoms with Crippen molar-refractivity contribution in [3.8, 4) is 0 Å². The molecule has 3 aromatic rings. The van der Waals surface area contributed by atoms with E-state index >= 15 is 0 Å². The van der Waals surface area contributed by atoms with Crippen molar-refractivity contribution in [1.82, 2.24) is 10.2 Å². The van der Waals surface area contributed by atoms with Gasteiger partial charge in [-0.15, -0.1) is 0 Å². The van der Waals surface area contributed by atoms with Gasteiger partial charge in [0.05, 0.1) is 16.6 Å². The number of H-pyrrole nitrogens is 1. The average Bonchev–Trinajstić information content (AvgIpc) is 2.52. The number of carbonyl (C=O) groups is 1. The van der Waals surface area contributed by atoms with Crippen LogP contribution in [0.2, 0.25) is 0 Å². The molecule has 7 heteroatoms. The molecule has 23 heavy (non-hydrogen) atoms. The zero-order valence-electron chi connectivity index (χ0n) is 11.6. The molecule has 2 aromatic carbocycles. The van der Waals surface area contributed by atoms with Crippen LogP contribution in [0.3, 0.4) is 0 Å². The Morgan fingerprint density at radius 2 is 1.91 bits per heavy atom. The van der Waals surface area contributed by atoms with Crippen molar-refractivity contribution >= 4 is 16.7 Å². The third kappa shape index (κ3) is 2.80. The second kappa shape index (κ2) is 5.60. The molecule has 5 nitrogen and oxygen atoms in total. The lowest BCUT2D eigenvalue weighted by Gasteiger charge is -2.06. The van der Waals surface area contributed by atoms with Crippen LogP contribution >= 0.6 is 0 Å². The summed E-state index contributed by atoms with van der Waals surface area (Å²) in [5.74, 6) is -2.75. The van der Waals surface area contributed by atoms with Crippen LogP contribution in [-0.4, -0.2) is 21.3 Å². The third-order valence-corrected chi connectivity index (χ3v) is 3.46. The number of rotatable bonds is 3. The number of aromatic nitrogens is 2. The number of fused-ring (bicyclic) bond motifs is 1. The molecule has 0 atom stereocenters. The lowest BCUT2D eigenvalue weighted by molar-refractivity contribution is 0.0691. The van der Waals surface area contributed by atoms with Crippen LogP contribution in [0, 0.1) is 11.6 Å². The number of aromatic carboxylic acids is 1. The smallest absolute Gasteiger partial charge is 0.338 e. The molecule has 0 bridgehead atoms. The number of nitrogens with one attached hydrogen (secondary N) is 1. The summed E-state index contributed by atoms with van der Waals surface area (Å²) in [7, 11) is 0. The second-order valence-corrected chi connectivity index (χ2v) is 4.99. The van der Waals surface area contributed by atoms with Crippen molar-refractivity contribution in [2.75, 3.05) is 0 Å². The maximum atomic E-state index is 13.4. The van der Waals surface area contributed by atoms with Crippen LogP contribution in [0.5, 0.6) is 0 Å². The van der Waals surface area contributed by atoms with Gasteiger partial charge in [0.15, 0.2) is 0 Å². The first-order valence-corrected chi connectivity index (χ1v) is 6.64. The van der Waals surface area contributed by atoms with Crippen LogP contribution in [0.4, 0.5) is 8.78 Å². The van der Waals surface area contributed by atoms with Gasteiger partial charge >= 0.3 is 5.97 Å². The van der Waals surface area contributed by atoms with Gasteiger partial charge in [0.25, 0.3) is 5.56 Å². The first-order chi connectivity index (χ1) is 11.0. The van der Waals surface area contributed by atoms with Gasteiger partial charge in [-0.3, -0.25) is 4.79 Å². The molecule has 0 aliphatic rings. The van der Waals surface area contributed by atoms with Gasteiger partial charge in [-0.25, -0.2) is 18.7 Å². The van der Waals surface area contributed by atoms with Gasteiger partial charge in [0.1, 0.15) is 11.6 Å². The fraction of sp³-hybridized carbons (Fsp3) is 0.0625. The summed E-state index contributed by atoms with van der Waals surface area (Å²) in [6.45, 7) is 0. The van der Waals surface area contributed by atoms with Crippen LogP contribution in [-0.2, 0) is 6.42 Å². The highest BCUT2D eigenvalue weighted by Crippen LogP contribution is 2.19. The molecule has 0 unspecified atom stereocenters. The molecule has 0 aliphatic heterocycles. The Morgan fingerprint density at radius 3 is 2.65 bits per heavy atom. The number of hydrogen-bond donors (Lipinski definition) is 2. The molecule has 0 aliphatic carbocycles. The topological polar surface area (TPSA) is 83.0 Å². The Bertz CT molecular complexity index is 983. The van der Waals surface area contributed by atoms with E-state index in [9.17, 15) is 18.4 Å². The number of halogens is 2. The fourth-order valence-corrected chi connectivity index (χ4v) is 2.37. The summed E-state index contributed by atoms with van der Waals surface area (Å²) in [5, 5.41) is 15.8. The number of benzene rings is 2. The van der Waals surface area contributed by atoms with Gasteiger partial charge in [0.2, 0.25) is 0 Å². The first kappa shape index (κ1) is 14.8. The minimum absolute atomic E-state index is 0.149. The highest BCUT2D eigenvalue weighted by molar-refractivity contribution is 5.88. The number of hydrogen-bond acceptors (Lipinski definition) is 3. The fourth-order valence-electron chi connectivity index (χ4n) is 2.37. The Kier molecular flexibility index (Phi) is 3.61. The van der Waals surface area contributed by atoms with Crippen LogP contribution in [0.15, 0.2) is 41.2 Å². The van der Waals surface area contributed by atoms with Crippen LogP contribution in [0.25, 0.3) is 10.8 Å². The van der Waals surface area contributed by atoms with E-state index in [2.05, 4.69) is 10.2 Å². The minimum Gasteiger partial charge on any atom is -0.478 e. The summed E-state index contributed by atoms with van der Waals surface area (Å²) >= 11 is 0. The molecule has 0 saturated heterocycles. The van der Waals surface area contributed by atoms with E-state index in [4.69, 9.17) is 5.11 Å². The Labute approximate surface area is 128 Å². The molecule has 2 N–H and O–H groups in total. The quantitative estimate of drug-likeness (QED) is 0.777. The average molecular weight is 316 g/mol. The predicted octanol–water partition coefficient (Wildman–Crippen LogP) is 2.49. The molecule has 0 spiro atoms. The zero-order valence-corrected chi connectivity index (χ0v) is 11.6. The maximum Gasteiger partial charge on any atom is 0.338 e. The van der Waals surface area contributed by atoms with Crippen molar-refractivity contribution in [1.29, 1.82) is 0 Å². The Hall–Kier alpha value is -3.09. The van der Waals surface area contributed by atoms with Crippen molar-refractivity contribution in [2.45, 2.75) is 6.42 Å². The minimum atomic E-state index is -1.37. The highest BCUT2D eigenvalue weighted by Gasteiger charge is 2.13. The standard InChI is InChI=1S/C16H10F2N2O3/c17-9-2-3-10-11(7-9)15(21)20-19-14(10)6-8-1-4-13(18)12(5-8)16(22)23/h1-5,7H,6H2,(H,20,21)(H,22,23). The van der Waals surface area contributed by atoms with Gasteiger partial charge in [0, 0.05) is 11.8 Å². The number of nitrogens with zero attached hydrogens (tertiary/aromatic N) is 1. The van der Waals surface area contributed by atoms with Crippen molar-refractivity contribution in [2.24, 2.45) is 0 Å². The molecule has 0 radical (unpaired) electrons. The summed E-state index contributed by atoms with van der Waals surface area (Å²) in [4.78, 5) is 22.7. The molecule has 116 valence electrons. The van der Waals surface area contributed by atoms with E-state index in [1.807, 2.05) is 0 Å². The van der Waals surface area contributed by atoms with Gasteiger partial charge in [-0.1, -0.05) is 6.07 Å². The zero-order chi connectivity index (χ0) is 16.6. The molecule has 3 rings (SSSR count). The summed E-state index contributed by atoms with van der Waals surface area (Å²) in [6.07, 6.45) is 0.166. The van der Waals surface area contributed by atoms with Crippen LogP contribution in [0.1, 0.15) is 21.6 Å². The number of carboxylic acid groups (broad SMARTS) is 1. The van der Waals surface area contributed by atoms with E-state index < -0.39 is 28.7 Å². The normalized spacial score (nSPS) is 10.9. The van der Waals surface area contributed by atoms with Crippen molar-refractivity contribution in [3.63, 3.8) is 0 Å². The molecular formula is C16H10F2N2O3. The molecular weight excluding hydrogens is 306 g/mol. The maximum absolute atomic E-state index is 13.4. The number of carboxylic acids is 1. The Balaban J connectivity index is 2.09. The third-order valence-electron chi connectivity index (χ3n) is 3.46. The van der Waals surface area contributed by atoms with E-state index in [1.54, 1.807) is 0 Å². The lowest BCUT2D eigenvalue weighted by atomic mass is 10.0. The molecule has 0 fully saturated rings. The molecule has 0 saturated carbocycles. The summed E-state index contributed by atoms with van der Waals surface area (Å²) in [6, 6.07) is 7.45. The molecule has 1 aromatic heterocycles. The van der Waals surface area contributed by atoms with Crippen molar-refractivity contribution in [3.05, 3.63) is 75.2 Å². The molecule has 0 amide bonds. The monoisotopic (exact) mass is 316 g/mol. The summed E-state index contributed by atoms with van der Waals surface area (Å²) in [5.41, 5.74) is -0.0209. The van der Waals surface area contributed by atoms with Gasteiger partial charge in [-0.05, 0) is 35.9 Å². The second-order valence-electron chi connectivity index (χ2n) is 4.99. The van der Waals surface area contributed by atoms with E-state index in [0.29, 0.717) is 16.6 Å².